The molecule has 0 aliphatic carbocycles. The minimum absolute atomic E-state index is 0.108. The second kappa shape index (κ2) is 8.81. The molecule has 1 N–H and O–H groups in total. The molecule has 1 amide bonds. The van der Waals surface area contributed by atoms with E-state index in [1.54, 1.807) is 0 Å². The molecular formula is C18H26ClN3O2. The average molecular weight is 352 g/mol. The number of nitrogens with zero attached hydrogens (tertiary/aromatic N) is 2. The molecule has 2 aliphatic heterocycles. The van der Waals surface area contributed by atoms with Crippen LogP contribution < -0.4 is 5.32 Å². The monoisotopic (exact) mass is 351 g/mol. The topological polar surface area (TPSA) is 44.8 Å². The lowest BCUT2D eigenvalue weighted by molar-refractivity contribution is -0.123. The Morgan fingerprint density at radius 2 is 1.88 bits per heavy atom. The SMILES string of the molecule is O=C(CN1CCN(Cc2ccc(Cl)cc2)CC1)NC[C@@H]1CCCO1. The van der Waals surface area contributed by atoms with Crippen LogP contribution >= 0.6 is 11.6 Å². The van der Waals surface area contributed by atoms with Gasteiger partial charge in [-0.25, -0.2) is 0 Å². The predicted octanol–water partition coefficient (Wildman–Crippen LogP) is 1.75. The molecule has 0 saturated carbocycles. The van der Waals surface area contributed by atoms with Gasteiger partial charge in [0.2, 0.25) is 5.91 Å². The maximum Gasteiger partial charge on any atom is 0.234 e. The molecule has 1 aromatic carbocycles. The van der Waals surface area contributed by atoms with Crippen molar-refractivity contribution in [3.05, 3.63) is 34.9 Å². The number of halogens is 1. The largest absolute Gasteiger partial charge is 0.376 e. The number of carbonyl (C=O) groups is 1. The predicted molar refractivity (Wildman–Crippen MR) is 95.2 cm³/mol. The Morgan fingerprint density at radius 3 is 2.54 bits per heavy atom. The summed E-state index contributed by atoms with van der Waals surface area (Å²) >= 11 is 5.92. The van der Waals surface area contributed by atoms with E-state index in [1.165, 1.54) is 5.56 Å². The minimum atomic E-state index is 0.108. The summed E-state index contributed by atoms with van der Waals surface area (Å²) in [6.45, 7) is 6.74. The zero-order valence-electron chi connectivity index (χ0n) is 14.0. The molecule has 0 aromatic heterocycles. The summed E-state index contributed by atoms with van der Waals surface area (Å²) in [6, 6.07) is 8.03. The number of piperazine rings is 1. The summed E-state index contributed by atoms with van der Waals surface area (Å²) < 4.78 is 5.53. The second-order valence-corrected chi connectivity index (χ2v) is 7.05. The molecular weight excluding hydrogens is 326 g/mol. The lowest BCUT2D eigenvalue weighted by atomic mass is 10.2. The van der Waals surface area contributed by atoms with Crippen LogP contribution in [0.5, 0.6) is 0 Å². The van der Waals surface area contributed by atoms with E-state index in [9.17, 15) is 4.79 Å². The number of nitrogens with one attached hydrogen (secondary N) is 1. The van der Waals surface area contributed by atoms with Gasteiger partial charge in [-0.2, -0.15) is 0 Å². The van der Waals surface area contributed by atoms with Crippen molar-refractivity contribution in [3.8, 4) is 0 Å². The molecule has 0 radical (unpaired) electrons. The van der Waals surface area contributed by atoms with E-state index >= 15 is 0 Å². The van der Waals surface area contributed by atoms with E-state index in [1.807, 2.05) is 12.1 Å². The molecule has 24 heavy (non-hydrogen) atoms. The van der Waals surface area contributed by atoms with Gasteiger partial charge in [0, 0.05) is 50.9 Å². The number of benzene rings is 1. The molecule has 3 rings (SSSR count). The Labute approximate surface area is 148 Å². The fraction of sp³-hybridized carbons (Fsp3) is 0.611. The van der Waals surface area contributed by atoms with Crippen LogP contribution in [-0.4, -0.2) is 67.7 Å². The number of hydrogen-bond donors (Lipinski definition) is 1. The van der Waals surface area contributed by atoms with Gasteiger partial charge in [-0.15, -0.1) is 0 Å². The molecule has 0 spiro atoms. The third-order valence-corrected chi connectivity index (χ3v) is 4.95. The highest BCUT2D eigenvalue weighted by atomic mass is 35.5. The zero-order chi connectivity index (χ0) is 16.8. The van der Waals surface area contributed by atoms with E-state index in [2.05, 4.69) is 27.2 Å². The van der Waals surface area contributed by atoms with Crippen molar-refractivity contribution >= 4 is 17.5 Å². The number of carbonyl (C=O) groups excluding carboxylic acids is 1. The number of rotatable bonds is 6. The van der Waals surface area contributed by atoms with Crippen LogP contribution in [0, 0.1) is 0 Å². The summed E-state index contributed by atoms with van der Waals surface area (Å²) in [6.07, 6.45) is 2.38. The third kappa shape index (κ3) is 5.45. The average Bonchev–Trinajstić information content (AvgIpc) is 3.10. The Balaban J connectivity index is 1.34. The lowest BCUT2D eigenvalue weighted by Crippen LogP contribution is -2.49. The summed E-state index contributed by atoms with van der Waals surface area (Å²) in [5.74, 6) is 0.108. The van der Waals surface area contributed by atoms with Crippen LogP contribution in [0.3, 0.4) is 0 Å². The van der Waals surface area contributed by atoms with E-state index in [-0.39, 0.29) is 12.0 Å². The summed E-state index contributed by atoms with van der Waals surface area (Å²) in [7, 11) is 0. The van der Waals surface area contributed by atoms with Crippen molar-refractivity contribution in [2.45, 2.75) is 25.5 Å². The van der Waals surface area contributed by atoms with Gasteiger partial charge in [-0.05, 0) is 30.5 Å². The highest BCUT2D eigenvalue weighted by Crippen LogP contribution is 2.13. The van der Waals surface area contributed by atoms with E-state index in [0.717, 1.165) is 57.2 Å². The standard InChI is InChI=1S/C18H26ClN3O2/c19-16-5-3-15(4-6-16)13-21-7-9-22(10-8-21)14-18(23)20-12-17-2-1-11-24-17/h3-6,17H,1-2,7-14H2,(H,20,23)/t17-/m0/s1. The van der Waals surface area contributed by atoms with Gasteiger partial charge in [-0.1, -0.05) is 23.7 Å². The molecule has 1 atom stereocenters. The molecule has 0 unspecified atom stereocenters. The van der Waals surface area contributed by atoms with Crippen molar-refractivity contribution in [2.75, 3.05) is 45.9 Å². The Bertz CT molecular complexity index is 524. The Hall–Kier alpha value is -1.14. The fourth-order valence-electron chi connectivity index (χ4n) is 3.25. The Kier molecular flexibility index (Phi) is 6.49. The van der Waals surface area contributed by atoms with Crippen LogP contribution in [0.25, 0.3) is 0 Å². The van der Waals surface area contributed by atoms with Crippen molar-refractivity contribution < 1.29 is 9.53 Å². The number of ether oxygens (including phenoxy) is 1. The van der Waals surface area contributed by atoms with Crippen LogP contribution in [0.4, 0.5) is 0 Å². The van der Waals surface area contributed by atoms with Crippen molar-refractivity contribution in [3.63, 3.8) is 0 Å². The zero-order valence-corrected chi connectivity index (χ0v) is 14.8. The van der Waals surface area contributed by atoms with Gasteiger partial charge in [0.05, 0.1) is 12.6 Å². The molecule has 0 bridgehead atoms. The summed E-state index contributed by atoms with van der Waals surface area (Å²) in [5, 5.41) is 3.77. The first-order chi connectivity index (χ1) is 11.7. The number of amides is 1. The first kappa shape index (κ1) is 17.7. The fourth-order valence-corrected chi connectivity index (χ4v) is 3.37. The molecule has 2 fully saturated rings. The molecule has 1 aromatic rings. The highest BCUT2D eigenvalue weighted by Gasteiger charge is 2.20. The molecule has 2 heterocycles. The van der Waals surface area contributed by atoms with Gasteiger partial charge in [-0.3, -0.25) is 14.6 Å². The smallest absolute Gasteiger partial charge is 0.234 e. The lowest BCUT2D eigenvalue weighted by Gasteiger charge is -2.34. The van der Waals surface area contributed by atoms with E-state index < -0.39 is 0 Å². The minimum Gasteiger partial charge on any atom is -0.376 e. The van der Waals surface area contributed by atoms with E-state index in [0.29, 0.717) is 13.1 Å². The number of hydrogen-bond acceptors (Lipinski definition) is 4. The van der Waals surface area contributed by atoms with Gasteiger partial charge in [0.25, 0.3) is 0 Å². The molecule has 2 saturated heterocycles. The maximum atomic E-state index is 12.0. The Morgan fingerprint density at radius 1 is 1.17 bits per heavy atom. The van der Waals surface area contributed by atoms with Gasteiger partial charge in [0.1, 0.15) is 0 Å². The third-order valence-electron chi connectivity index (χ3n) is 4.70. The first-order valence-electron chi connectivity index (χ1n) is 8.76. The van der Waals surface area contributed by atoms with Crippen LogP contribution in [0.2, 0.25) is 5.02 Å². The van der Waals surface area contributed by atoms with Crippen LogP contribution in [0.1, 0.15) is 18.4 Å². The quantitative estimate of drug-likeness (QED) is 0.848. The highest BCUT2D eigenvalue weighted by molar-refractivity contribution is 6.30. The normalized spacial score (nSPS) is 22.6. The molecule has 5 nitrogen and oxygen atoms in total. The molecule has 2 aliphatic rings. The first-order valence-corrected chi connectivity index (χ1v) is 9.14. The van der Waals surface area contributed by atoms with Gasteiger partial charge < -0.3 is 10.1 Å². The van der Waals surface area contributed by atoms with Crippen molar-refractivity contribution in [2.24, 2.45) is 0 Å². The van der Waals surface area contributed by atoms with Crippen molar-refractivity contribution in [1.29, 1.82) is 0 Å². The van der Waals surface area contributed by atoms with Crippen LogP contribution in [0.15, 0.2) is 24.3 Å². The summed E-state index contributed by atoms with van der Waals surface area (Å²) in [5.41, 5.74) is 1.28. The van der Waals surface area contributed by atoms with Crippen LogP contribution in [-0.2, 0) is 16.1 Å². The molecule has 6 heteroatoms. The van der Waals surface area contributed by atoms with Crippen molar-refractivity contribution in [1.82, 2.24) is 15.1 Å². The maximum absolute atomic E-state index is 12.0. The van der Waals surface area contributed by atoms with Gasteiger partial charge in [0.15, 0.2) is 0 Å². The molecule has 132 valence electrons. The summed E-state index contributed by atoms with van der Waals surface area (Å²) in [4.78, 5) is 16.7. The second-order valence-electron chi connectivity index (χ2n) is 6.62. The van der Waals surface area contributed by atoms with E-state index in [4.69, 9.17) is 16.3 Å². The van der Waals surface area contributed by atoms with Gasteiger partial charge >= 0.3 is 0 Å².